The first-order chi connectivity index (χ1) is 14.6. The van der Waals surface area contributed by atoms with Gasteiger partial charge < -0.3 is 14.8 Å². The minimum Gasteiger partial charge on any atom is -0.468 e. The highest BCUT2D eigenvalue weighted by Gasteiger charge is 2.19. The summed E-state index contributed by atoms with van der Waals surface area (Å²) >= 11 is 0. The summed E-state index contributed by atoms with van der Waals surface area (Å²) in [4.78, 5) is 9.19. The van der Waals surface area contributed by atoms with Gasteiger partial charge in [-0.1, -0.05) is 24.3 Å². The van der Waals surface area contributed by atoms with Crippen LogP contribution >= 0.6 is 0 Å². The standard InChI is InChI=1S/C21H21FN6O2/c1-13-19(23-11-14-6-4-8-16(22)10-14)25-20(27-26-13)28-17-9-5-7-15(12-29-2)18(17)24-21(28)30-3/h4-10H,11-12H2,1-3H3,(H,23,25,27). The Morgan fingerprint density at radius 2 is 1.90 bits per heavy atom. The summed E-state index contributed by atoms with van der Waals surface area (Å²) in [6, 6.07) is 12.5. The lowest BCUT2D eigenvalue weighted by Crippen LogP contribution is -2.11. The van der Waals surface area contributed by atoms with Gasteiger partial charge in [0.15, 0.2) is 5.82 Å². The molecule has 2 aromatic heterocycles. The van der Waals surface area contributed by atoms with E-state index in [1.807, 2.05) is 24.3 Å². The van der Waals surface area contributed by atoms with Crippen molar-refractivity contribution in [3.63, 3.8) is 0 Å². The third-order valence-electron chi connectivity index (χ3n) is 4.61. The molecule has 0 saturated carbocycles. The molecule has 4 aromatic rings. The fourth-order valence-corrected chi connectivity index (χ4v) is 3.20. The summed E-state index contributed by atoms with van der Waals surface area (Å²) in [5.41, 5.74) is 3.87. The number of hydrogen-bond donors (Lipinski definition) is 1. The zero-order valence-corrected chi connectivity index (χ0v) is 16.9. The Balaban J connectivity index is 1.73. The van der Waals surface area contributed by atoms with Crippen LogP contribution in [-0.2, 0) is 17.9 Å². The van der Waals surface area contributed by atoms with Crippen molar-refractivity contribution in [3.05, 3.63) is 65.1 Å². The number of halogens is 1. The molecule has 0 unspecified atom stereocenters. The fourth-order valence-electron chi connectivity index (χ4n) is 3.20. The number of nitrogens with one attached hydrogen (secondary N) is 1. The summed E-state index contributed by atoms with van der Waals surface area (Å²) in [7, 11) is 3.18. The van der Waals surface area contributed by atoms with Crippen molar-refractivity contribution >= 4 is 16.9 Å². The van der Waals surface area contributed by atoms with Crippen LogP contribution in [0, 0.1) is 12.7 Å². The van der Waals surface area contributed by atoms with E-state index < -0.39 is 0 Å². The van der Waals surface area contributed by atoms with Crippen LogP contribution in [0.3, 0.4) is 0 Å². The van der Waals surface area contributed by atoms with E-state index in [0.717, 1.165) is 22.2 Å². The maximum absolute atomic E-state index is 13.4. The average Bonchev–Trinajstić information content (AvgIpc) is 3.13. The second kappa shape index (κ2) is 8.42. The molecule has 0 saturated heterocycles. The first-order valence-electron chi connectivity index (χ1n) is 9.34. The molecule has 0 aliphatic carbocycles. The summed E-state index contributed by atoms with van der Waals surface area (Å²) in [6.45, 7) is 2.62. The molecule has 0 amide bonds. The maximum atomic E-state index is 13.4. The number of anilines is 1. The van der Waals surface area contributed by atoms with Crippen molar-refractivity contribution in [2.45, 2.75) is 20.1 Å². The molecule has 9 heteroatoms. The van der Waals surface area contributed by atoms with Gasteiger partial charge in [-0.15, -0.1) is 10.2 Å². The minimum absolute atomic E-state index is 0.283. The van der Waals surface area contributed by atoms with E-state index >= 15 is 0 Å². The van der Waals surface area contributed by atoms with Gasteiger partial charge in [-0.05, 0) is 30.7 Å². The number of imidazole rings is 1. The Labute approximate surface area is 172 Å². The van der Waals surface area contributed by atoms with Crippen molar-refractivity contribution in [1.29, 1.82) is 0 Å². The van der Waals surface area contributed by atoms with Crippen LogP contribution in [0.15, 0.2) is 42.5 Å². The highest BCUT2D eigenvalue weighted by atomic mass is 19.1. The van der Waals surface area contributed by atoms with Crippen LogP contribution in [-0.4, -0.2) is 39.0 Å². The summed E-state index contributed by atoms with van der Waals surface area (Å²) < 4.78 is 25.9. The minimum atomic E-state index is -0.283. The smallest absolute Gasteiger partial charge is 0.304 e. The van der Waals surface area contributed by atoms with Gasteiger partial charge in [0.2, 0.25) is 0 Å². The molecule has 154 valence electrons. The number of hydrogen-bond acceptors (Lipinski definition) is 7. The molecule has 0 fully saturated rings. The van der Waals surface area contributed by atoms with Crippen molar-refractivity contribution in [2.24, 2.45) is 0 Å². The first-order valence-corrected chi connectivity index (χ1v) is 9.34. The number of aromatic nitrogens is 5. The Hall–Kier alpha value is -3.59. The van der Waals surface area contributed by atoms with Gasteiger partial charge in [-0.3, -0.25) is 0 Å². The first kappa shape index (κ1) is 19.7. The second-order valence-electron chi connectivity index (χ2n) is 6.68. The molecule has 2 heterocycles. The molecule has 0 aliphatic rings. The van der Waals surface area contributed by atoms with E-state index in [1.165, 1.54) is 12.1 Å². The third kappa shape index (κ3) is 3.79. The van der Waals surface area contributed by atoms with Crippen molar-refractivity contribution in [2.75, 3.05) is 19.5 Å². The Kier molecular flexibility index (Phi) is 5.53. The number of ether oxygens (including phenoxy) is 2. The van der Waals surface area contributed by atoms with E-state index in [4.69, 9.17) is 9.47 Å². The predicted molar refractivity (Wildman–Crippen MR) is 110 cm³/mol. The Bertz CT molecular complexity index is 1190. The average molecular weight is 408 g/mol. The van der Waals surface area contributed by atoms with Crippen LogP contribution < -0.4 is 10.1 Å². The zero-order chi connectivity index (χ0) is 21.1. The highest BCUT2D eigenvalue weighted by molar-refractivity contribution is 5.81. The number of rotatable bonds is 7. The monoisotopic (exact) mass is 408 g/mol. The van der Waals surface area contributed by atoms with Crippen molar-refractivity contribution in [1.82, 2.24) is 24.7 Å². The highest BCUT2D eigenvalue weighted by Crippen LogP contribution is 2.27. The molecule has 0 bridgehead atoms. The zero-order valence-electron chi connectivity index (χ0n) is 16.9. The van der Waals surface area contributed by atoms with E-state index in [1.54, 1.807) is 31.8 Å². The van der Waals surface area contributed by atoms with Crippen LogP contribution in [0.25, 0.3) is 17.0 Å². The lowest BCUT2D eigenvalue weighted by Gasteiger charge is -2.11. The topological polar surface area (TPSA) is 87.0 Å². The fraction of sp³-hybridized carbons (Fsp3) is 0.238. The summed E-state index contributed by atoms with van der Waals surface area (Å²) in [6.07, 6.45) is 0. The lowest BCUT2D eigenvalue weighted by molar-refractivity contribution is 0.186. The molecule has 2 aromatic carbocycles. The Morgan fingerprint density at radius 3 is 2.67 bits per heavy atom. The van der Waals surface area contributed by atoms with Crippen LogP contribution in [0.2, 0.25) is 0 Å². The molecule has 0 radical (unpaired) electrons. The molecule has 4 rings (SSSR count). The molecule has 1 N–H and O–H groups in total. The van der Waals surface area contributed by atoms with E-state index in [2.05, 4.69) is 25.5 Å². The van der Waals surface area contributed by atoms with E-state index in [-0.39, 0.29) is 5.82 Å². The van der Waals surface area contributed by atoms with Crippen LogP contribution in [0.4, 0.5) is 10.2 Å². The number of nitrogens with zero attached hydrogens (tertiary/aromatic N) is 5. The van der Waals surface area contributed by atoms with Gasteiger partial charge in [-0.2, -0.15) is 9.97 Å². The molecule has 0 aliphatic heterocycles. The second-order valence-corrected chi connectivity index (χ2v) is 6.68. The third-order valence-corrected chi connectivity index (χ3v) is 4.61. The van der Waals surface area contributed by atoms with Gasteiger partial charge in [0.1, 0.15) is 11.5 Å². The largest absolute Gasteiger partial charge is 0.468 e. The van der Waals surface area contributed by atoms with Gasteiger partial charge >= 0.3 is 6.01 Å². The molecule has 8 nitrogen and oxygen atoms in total. The van der Waals surface area contributed by atoms with E-state index in [9.17, 15) is 4.39 Å². The molecule has 0 spiro atoms. The summed E-state index contributed by atoms with van der Waals surface area (Å²) in [5, 5.41) is 11.7. The number of aryl methyl sites for hydroxylation is 1. The number of fused-ring (bicyclic) bond motifs is 1. The number of methoxy groups -OCH3 is 2. The normalized spacial score (nSPS) is 11.1. The quantitative estimate of drug-likeness (QED) is 0.501. The van der Waals surface area contributed by atoms with Crippen LogP contribution in [0.5, 0.6) is 6.01 Å². The van der Waals surface area contributed by atoms with E-state index in [0.29, 0.717) is 36.6 Å². The van der Waals surface area contributed by atoms with Gasteiger partial charge in [0, 0.05) is 19.2 Å². The summed E-state index contributed by atoms with van der Waals surface area (Å²) in [5.74, 6) is 0.575. The number of para-hydroxylation sites is 1. The molecular weight excluding hydrogens is 387 g/mol. The van der Waals surface area contributed by atoms with Crippen molar-refractivity contribution < 1.29 is 13.9 Å². The Morgan fingerprint density at radius 1 is 1.07 bits per heavy atom. The molecule has 0 atom stereocenters. The van der Waals surface area contributed by atoms with Gasteiger partial charge in [0.25, 0.3) is 5.95 Å². The van der Waals surface area contributed by atoms with Crippen molar-refractivity contribution in [3.8, 4) is 12.0 Å². The van der Waals surface area contributed by atoms with Gasteiger partial charge in [-0.25, -0.2) is 8.96 Å². The van der Waals surface area contributed by atoms with Crippen LogP contribution in [0.1, 0.15) is 16.8 Å². The molecular formula is C21H21FN6O2. The van der Waals surface area contributed by atoms with Gasteiger partial charge in [0.05, 0.1) is 24.8 Å². The number of benzene rings is 2. The maximum Gasteiger partial charge on any atom is 0.304 e. The molecule has 30 heavy (non-hydrogen) atoms. The predicted octanol–water partition coefficient (Wildman–Crippen LogP) is 3.43. The SMILES string of the molecule is COCc1cccc2c1nc(OC)n2-c1nnc(C)c(NCc2cccc(F)c2)n1. The lowest BCUT2D eigenvalue weighted by atomic mass is 10.2.